The number of benzene rings is 1. The van der Waals surface area contributed by atoms with Gasteiger partial charge in [-0.1, -0.05) is 35.5 Å². The molecule has 0 saturated heterocycles. The molecule has 0 spiro atoms. The summed E-state index contributed by atoms with van der Waals surface area (Å²) in [5.74, 6) is -0.495. The number of nitrogens with one attached hydrogen (secondary N) is 1. The van der Waals surface area contributed by atoms with E-state index >= 15 is 0 Å². The van der Waals surface area contributed by atoms with Crippen molar-refractivity contribution in [1.29, 1.82) is 0 Å². The molecule has 0 heterocycles. The number of rotatable bonds is 6. The Labute approximate surface area is 109 Å². The van der Waals surface area contributed by atoms with Crippen LogP contribution in [0.2, 0.25) is 0 Å². The number of halogens is 3. The first-order chi connectivity index (χ1) is 8.94. The van der Waals surface area contributed by atoms with Crippen molar-refractivity contribution in [2.75, 3.05) is 13.1 Å². The van der Waals surface area contributed by atoms with Crippen molar-refractivity contribution in [3.63, 3.8) is 0 Å². The maximum Gasteiger partial charge on any atom is 0.390 e. The Balaban J connectivity index is 2.58. The smallest absolute Gasteiger partial charge is 0.390 e. The fraction of sp³-hybridized carbons (Fsp3) is 0.417. The van der Waals surface area contributed by atoms with Crippen molar-refractivity contribution in [2.24, 2.45) is 10.9 Å². The minimum Gasteiger partial charge on any atom is -0.409 e. The SMILES string of the molecule is NC(=NO)C(CNCCC(F)(F)F)c1ccccc1. The van der Waals surface area contributed by atoms with Crippen LogP contribution in [0.25, 0.3) is 0 Å². The van der Waals surface area contributed by atoms with Gasteiger partial charge in [-0.15, -0.1) is 0 Å². The highest BCUT2D eigenvalue weighted by Crippen LogP contribution is 2.19. The van der Waals surface area contributed by atoms with Gasteiger partial charge in [-0.05, 0) is 5.56 Å². The molecule has 7 heteroatoms. The zero-order valence-corrected chi connectivity index (χ0v) is 10.2. The molecule has 0 radical (unpaired) electrons. The quantitative estimate of drug-likeness (QED) is 0.245. The molecule has 1 rings (SSSR count). The average Bonchev–Trinajstić information content (AvgIpc) is 2.38. The highest BCUT2D eigenvalue weighted by molar-refractivity contribution is 5.87. The lowest BCUT2D eigenvalue weighted by Gasteiger charge is -2.17. The van der Waals surface area contributed by atoms with Gasteiger partial charge in [-0.25, -0.2) is 0 Å². The van der Waals surface area contributed by atoms with E-state index in [0.717, 1.165) is 5.56 Å². The van der Waals surface area contributed by atoms with Crippen molar-refractivity contribution in [3.8, 4) is 0 Å². The van der Waals surface area contributed by atoms with Crippen LogP contribution < -0.4 is 11.1 Å². The predicted octanol–water partition coefficient (Wildman–Crippen LogP) is 2.06. The zero-order valence-electron chi connectivity index (χ0n) is 10.2. The zero-order chi connectivity index (χ0) is 14.3. The van der Waals surface area contributed by atoms with Gasteiger partial charge in [0.05, 0.1) is 12.3 Å². The van der Waals surface area contributed by atoms with E-state index in [1.807, 2.05) is 6.07 Å². The largest absolute Gasteiger partial charge is 0.409 e. The van der Waals surface area contributed by atoms with Crippen molar-refractivity contribution >= 4 is 5.84 Å². The van der Waals surface area contributed by atoms with E-state index in [4.69, 9.17) is 10.9 Å². The Morgan fingerprint density at radius 1 is 1.32 bits per heavy atom. The fourth-order valence-electron chi connectivity index (χ4n) is 1.62. The van der Waals surface area contributed by atoms with Gasteiger partial charge in [0.25, 0.3) is 0 Å². The molecule has 4 N–H and O–H groups in total. The van der Waals surface area contributed by atoms with Crippen molar-refractivity contribution in [2.45, 2.75) is 18.5 Å². The maximum absolute atomic E-state index is 12.0. The molecule has 0 aliphatic rings. The molecular formula is C12H16F3N3O. The van der Waals surface area contributed by atoms with Crippen LogP contribution in [0, 0.1) is 0 Å². The van der Waals surface area contributed by atoms with Gasteiger partial charge >= 0.3 is 6.18 Å². The van der Waals surface area contributed by atoms with Crippen LogP contribution in [0.5, 0.6) is 0 Å². The number of alkyl halides is 3. The number of hydrogen-bond donors (Lipinski definition) is 3. The molecule has 0 amide bonds. The van der Waals surface area contributed by atoms with Crippen molar-refractivity contribution < 1.29 is 18.4 Å². The van der Waals surface area contributed by atoms with Crippen molar-refractivity contribution in [1.82, 2.24) is 5.32 Å². The van der Waals surface area contributed by atoms with Crippen LogP contribution in [0.4, 0.5) is 13.2 Å². The third-order valence-corrected chi connectivity index (χ3v) is 2.61. The standard InChI is InChI=1S/C12H16F3N3O/c13-12(14,15)6-7-17-8-10(11(16)18-19)9-4-2-1-3-5-9/h1-5,10,17,19H,6-8H2,(H2,16,18). The number of amidine groups is 1. The normalized spacial score (nSPS) is 14.4. The van der Waals surface area contributed by atoms with Crippen LogP contribution in [0.15, 0.2) is 35.5 Å². The molecule has 1 atom stereocenters. The number of oxime groups is 1. The summed E-state index contributed by atoms with van der Waals surface area (Å²) in [6.07, 6.45) is -5.10. The summed E-state index contributed by atoms with van der Waals surface area (Å²) in [4.78, 5) is 0. The van der Waals surface area contributed by atoms with Gasteiger partial charge in [0.15, 0.2) is 0 Å². The number of hydrogen-bond acceptors (Lipinski definition) is 3. The maximum atomic E-state index is 12.0. The van der Waals surface area contributed by atoms with Crippen LogP contribution in [-0.2, 0) is 0 Å². The molecule has 0 aliphatic carbocycles. The lowest BCUT2D eigenvalue weighted by molar-refractivity contribution is -0.133. The van der Waals surface area contributed by atoms with Crippen LogP contribution in [-0.4, -0.2) is 30.3 Å². The van der Waals surface area contributed by atoms with Gasteiger partial charge in [0.1, 0.15) is 5.84 Å². The van der Waals surface area contributed by atoms with Gasteiger partial charge in [-0.2, -0.15) is 13.2 Å². The average molecular weight is 275 g/mol. The second-order valence-electron chi connectivity index (χ2n) is 4.06. The highest BCUT2D eigenvalue weighted by Gasteiger charge is 2.26. The topological polar surface area (TPSA) is 70.6 Å². The lowest BCUT2D eigenvalue weighted by atomic mass is 9.98. The van der Waals surface area contributed by atoms with Gasteiger partial charge in [0, 0.05) is 13.1 Å². The Hall–Kier alpha value is -1.76. The summed E-state index contributed by atoms with van der Waals surface area (Å²) in [7, 11) is 0. The molecule has 4 nitrogen and oxygen atoms in total. The van der Waals surface area contributed by atoms with E-state index in [-0.39, 0.29) is 18.9 Å². The summed E-state index contributed by atoms with van der Waals surface area (Å²) in [5, 5.41) is 14.3. The second-order valence-corrected chi connectivity index (χ2v) is 4.06. The molecular weight excluding hydrogens is 259 g/mol. The number of nitrogens with zero attached hydrogens (tertiary/aromatic N) is 1. The van der Waals surface area contributed by atoms with Crippen LogP contribution >= 0.6 is 0 Å². The summed E-state index contributed by atoms with van der Waals surface area (Å²) >= 11 is 0. The molecule has 1 aromatic carbocycles. The highest BCUT2D eigenvalue weighted by atomic mass is 19.4. The summed E-state index contributed by atoms with van der Waals surface area (Å²) in [6, 6.07) is 8.91. The summed E-state index contributed by atoms with van der Waals surface area (Å²) in [6.45, 7) is -0.0263. The molecule has 0 aliphatic heterocycles. The Morgan fingerprint density at radius 2 is 1.95 bits per heavy atom. The van der Waals surface area contributed by atoms with E-state index in [2.05, 4.69) is 10.5 Å². The molecule has 1 aromatic rings. The first-order valence-electron chi connectivity index (χ1n) is 5.74. The summed E-state index contributed by atoms with van der Waals surface area (Å²) < 4.78 is 36.0. The Morgan fingerprint density at radius 3 is 2.47 bits per heavy atom. The van der Waals surface area contributed by atoms with Crippen molar-refractivity contribution in [3.05, 3.63) is 35.9 Å². The minimum atomic E-state index is -4.19. The van der Waals surface area contributed by atoms with Crippen LogP contribution in [0.3, 0.4) is 0 Å². The van der Waals surface area contributed by atoms with E-state index in [1.165, 1.54) is 0 Å². The Bertz CT molecular complexity index is 406. The van der Waals surface area contributed by atoms with E-state index in [1.54, 1.807) is 24.3 Å². The first-order valence-corrected chi connectivity index (χ1v) is 5.74. The monoisotopic (exact) mass is 275 g/mol. The van der Waals surface area contributed by atoms with E-state index in [0.29, 0.717) is 0 Å². The third kappa shape index (κ3) is 5.60. The molecule has 0 aromatic heterocycles. The molecule has 19 heavy (non-hydrogen) atoms. The lowest BCUT2D eigenvalue weighted by Crippen LogP contribution is -2.33. The Kier molecular flexibility index (Phi) is 5.62. The summed E-state index contributed by atoms with van der Waals surface area (Å²) in [5.41, 5.74) is 6.33. The molecule has 0 saturated carbocycles. The van der Waals surface area contributed by atoms with E-state index < -0.39 is 18.5 Å². The molecule has 1 unspecified atom stereocenters. The third-order valence-electron chi connectivity index (χ3n) is 2.61. The molecule has 106 valence electrons. The second kappa shape index (κ2) is 6.98. The van der Waals surface area contributed by atoms with Gasteiger partial charge in [-0.3, -0.25) is 0 Å². The molecule has 0 fully saturated rings. The van der Waals surface area contributed by atoms with E-state index in [9.17, 15) is 13.2 Å². The van der Waals surface area contributed by atoms with Gasteiger partial charge in [0.2, 0.25) is 0 Å². The predicted molar refractivity (Wildman–Crippen MR) is 66.1 cm³/mol. The van der Waals surface area contributed by atoms with Gasteiger partial charge < -0.3 is 16.3 Å². The first kappa shape index (κ1) is 15.3. The fourth-order valence-corrected chi connectivity index (χ4v) is 1.62. The van der Waals surface area contributed by atoms with Crippen LogP contribution in [0.1, 0.15) is 17.9 Å². The minimum absolute atomic E-state index is 0.0364. The molecule has 0 bridgehead atoms. The number of nitrogens with two attached hydrogens (primary N) is 1.